The van der Waals surface area contributed by atoms with Crippen molar-refractivity contribution in [2.75, 3.05) is 17.3 Å². The van der Waals surface area contributed by atoms with Gasteiger partial charge >= 0.3 is 0 Å². The molecule has 0 bridgehead atoms. The van der Waals surface area contributed by atoms with Crippen molar-refractivity contribution in [3.8, 4) is 0 Å². The van der Waals surface area contributed by atoms with E-state index in [0.29, 0.717) is 16.0 Å². The van der Waals surface area contributed by atoms with Crippen LogP contribution in [0.2, 0.25) is 0 Å². The number of carbonyl (C=O) groups excluding carboxylic acids is 1. The summed E-state index contributed by atoms with van der Waals surface area (Å²) in [5, 5.41) is 2.49. The van der Waals surface area contributed by atoms with E-state index in [1.807, 2.05) is 0 Å². The van der Waals surface area contributed by atoms with Crippen LogP contribution in [0.15, 0.2) is 16.7 Å². The van der Waals surface area contributed by atoms with Crippen molar-refractivity contribution in [1.29, 1.82) is 0 Å². The SMILES string of the molecule is Cc1nc(Br)ccc1NC(=O)CS(C)(=O)=O. The van der Waals surface area contributed by atoms with Gasteiger partial charge < -0.3 is 5.32 Å². The van der Waals surface area contributed by atoms with Gasteiger partial charge in [-0.2, -0.15) is 0 Å². The Kier molecular flexibility index (Phi) is 4.03. The molecule has 1 heterocycles. The van der Waals surface area contributed by atoms with E-state index in [1.54, 1.807) is 19.1 Å². The molecule has 88 valence electrons. The minimum absolute atomic E-state index is 0.511. The number of halogens is 1. The van der Waals surface area contributed by atoms with Gasteiger partial charge in [0.1, 0.15) is 10.4 Å². The Bertz CT molecular complexity index is 513. The minimum Gasteiger partial charge on any atom is -0.324 e. The lowest BCUT2D eigenvalue weighted by Gasteiger charge is -2.07. The highest BCUT2D eigenvalue weighted by atomic mass is 79.9. The zero-order chi connectivity index (χ0) is 12.3. The van der Waals surface area contributed by atoms with Gasteiger partial charge in [-0.15, -0.1) is 0 Å². The van der Waals surface area contributed by atoms with E-state index in [0.717, 1.165) is 6.26 Å². The van der Waals surface area contributed by atoms with Gasteiger partial charge in [-0.3, -0.25) is 4.79 Å². The number of aromatic nitrogens is 1. The van der Waals surface area contributed by atoms with Crippen LogP contribution in [0.5, 0.6) is 0 Å². The zero-order valence-corrected chi connectivity index (χ0v) is 11.2. The number of aryl methyl sites for hydroxylation is 1. The van der Waals surface area contributed by atoms with Crippen LogP contribution in [-0.2, 0) is 14.6 Å². The smallest absolute Gasteiger partial charge is 0.239 e. The fourth-order valence-corrected chi connectivity index (χ4v) is 2.03. The summed E-state index contributed by atoms with van der Waals surface area (Å²) in [4.78, 5) is 15.4. The molecule has 0 radical (unpaired) electrons. The van der Waals surface area contributed by atoms with Gasteiger partial charge in [0.2, 0.25) is 5.91 Å². The van der Waals surface area contributed by atoms with Crippen molar-refractivity contribution in [3.05, 3.63) is 22.4 Å². The number of pyridine rings is 1. The van der Waals surface area contributed by atoms with Crippen LogP contribution in [0.1, 0.15) is 5.69 Å². The molecule has 16 heavy (non-hydrogen) atoms. The van der Waals surface area contributed by atoms with Crippen LogP contribution in [0.3, 0.4) is 0 Å². The average Bonchev–Trinajstić information content (AvgIpc) is 2.06. The molecule has 0 saturated carbocycles. The summed E-state index contributed by atoms with van der Waals surface area (Å²) in [6.45, 7) is 1.72. The van der Waals surface area contributed by atoms with E-state index in [9.17, 15) is 13.2 Å². The fourth-order valence-electron chi connectivity index (χ4n) is 1.09. The number of sulfone groups is 1. The Morgan fingerprint density at radius 3 is 2.62 bits per heavy atom. The van der Waals surface area contributed by atoms with Crippen LogP contribution in [0.4, 0.5) is 5.69 Å². The largest absolute Gasteiger partial charge is 0.324 e. The highest BCUT2D eigenvalue weighted by Gasteiger charge is 2.12. The third kappa shape index (κ3) is 4.28. The second-order valence-corrected chi connectivity index (χ2v) is 6.34. The normalized spacial score (nSPS) is 11.2. The van der Waals surface area contributed by atoms with E-state index < -0.39 is 21.5 Å². The van der Waals surface area contributed by atoms with Crippen molar-refractivity contribution in [2.45, 2.75) is 6.92 Å². The van der Waals surface area contributed by atoms with Gasteiger partial charge in [0, 0.05) is 6.26 Å². The van der Waals surface area contributed by atoms with Crippen LogP contribution in [0, 0.1) is 6.92 Å². The maximum atomic E-state index is 11.3. The van der Waals surface area contributed by atoms with Crippen molar-refractivity contribution in [1.82, 2.24) is 4.98 Å². The van der Waals surface area contributed by atoms with Crippen molar-refractivity contribution < 1.29 is 13.2 Å². The fraction of sp³-hybridized carbons (Fsp3) is 0.333. The molecule has 0 atom stereocenters. The summed E-state index contributed by atoms with van der Waals surface area (Å²) in [6, 6.07) is 3.33. The van der Waals surface area contributed by atoms with Crippen molar-refractivity contribution in [3.63, 3.8) is 0 Å². The second-order valence-electron chi connectivity index (χ2n) is 3.39. The molecule has 0 saturated heterocycles. The lowest BCUT2D eigenvalue weighted by molar-refractivity contribution is -0.113. The highest BCUT2D eigenvalue weighted by Crippen LogP contribution is 2.15. The van der Waals surface area contributed by atoms with E-state index in [2.05, 4.69) is 26.2 Å². The first-order valence-electron chi connectivity index (χ1n) is 4.38. The number of hydrogen-bond acceptors (Lipinski definition) is 4. The first-order chi connectivity index (χ1) is 7.28. The lowest BCUT2D eigenvalue weighted by atomic mass is 10.3. The first kappa shape index (κ1) is 13.1. The molecule has 1 N–H and O–H groups in total. The third-order valence-corrected chi connectivity index (χ3v) is 2.95. The van der Waals surface area contributed by atoms with Gasteiger partial charge in [-0.25, -0.2) is 13.4 Å². The van der Waals surface area contributed by atoms with Crippen molar-refractivity contribution >= 4 is 37.4 Å². The summed E-state index contributed by atoms with van der Waals surface area (Å²) in [5.74, 6) is -1.09. The molecular formula is C9H11BrN2O3S. The molecule has 0 unspecified atom stereocenters. The Hall–Kier alpha value is -0.950. The predicted octanol–water partition coefficient (Wildman–Crippen LogP) is 1.14. The topological polar surface area (TPSA) is 76.1 Å². The number of carbonyl (C=O) groups is 1. The number of nitrogens with one attached hydrogen (secondary N) is 1. The van der Waals surface area contributed by atoms with E-state index in [-0.39, 0.29) is 0 Å². The quantitative estimate of drug-likeness (QED) is 0.850. The molecule has 5 nitrogen and oxygen atoms in total. The highest BCUT2D eigenvalue weighted by molar-refractivity contribution is 9.10. The molecule has 1 rings (SSSR count). The maximum absolute atomic E-state index is 11.3. The Morgan fingerprint density at radius 1 is 1.50 bits per heavy atom. The summed E-state index contributed by atoms with van der Waals surface area (Å²) < 4.78 is 22.4. The Balaban J connectivity index is 2.78. The summed E-state index contributed by atoms with van der Waals surface area (Å²) >= 11 is 3.19. The molecule has 0 fully saturated rings. The Labute approximate surface area is 102 Å². The zero-order valence-electron chi connectivity index (χ0n) is 8.82. The number of hydrogen-bond donors (Lipinski definition) is 1. The number of anilines is 1. The molecule has 1 amide bonds. The molecule has 0 aliphatic rings. The number of nitrogens with zero attached hydrogens (tertiary/aromatic N) is 1. The standard InChI is InChI=1S/C9H11BrN2O3S/c1-6-7(3-4-8(10)11-6)12-9(13)5-16(2,14)15/h3-4H,5H2,1-2H3,(H,12,13). The maximum Gasteiger partial charge on any atom is 0.239 e. The molecule has 0 aliphatic carbocycles. The monoisotopic (exact) mass is 306 g/mol. The molecule has 0 aromatic carbocycles. The molecule has 7 heteroatoms. The lowest BCUT2D eigenvalue weighted by Crippen LogP contribution is -2.22. The van der Waals surface area contributed by atoms with E-state index in [1.165, 1.54) is 0 Å². The molecule has 0 aliphatic heterocycles. The predicted molar refractivity (Wildman–Crippen MR) is 65.0 cm³/mol. The molecule has 0 spiro atoms. The summed E-state index contributed by atoms with van der Waals surface area (Å²) in [7, 11) is -3.31. The van der Waals surface area contributed by atoms with Gasteiger partial charge in [0.05, 0.1) is 11.4 Å². The van der Waals surface area contributed by atoms with Crippen LogP contribution in [-0.4, -0.2) is 31.3 Å². The van der Waals surface area contributed by atoms with Crippen LogP contribution >= 0.6 is 15.9 Å². The number of rotatable bonds is 3. The molecular weight excluding hydrogens is 296 g/mol. The van der Waals surface area contributed by atoms with Crippen LogP contribution < -0.4 is 5.32 Å². The summed E-state index contributed by atoms with van der Waals surface area (Å²) in [6.07, 6.45) is 1.01. The van der Waals surface area contributed by atoms with Gasteiger partial charge in [0.15, 0.2) is 9.84 Å². The molecule has 1 aromatic heterocycles. The number of amides is 1. The average molecular weight is 307 g/mol. The van der Waals surface area contributed by atoms with Gasteiger partial charge in [0.25, 0.3) is 0 Å². The molecule has 1 aromatic rings. The first-order valence-corrected chi connectivity index (χ1v) is 7.24. The van der Waals surface area contributed by atoms with Crippen LogP contribution in [0.25, 0.3) is 0 Å². The van der Waals surface area contributed by atoms with Gasteiger partial charge in [-0.1, -0.05) is 0 Å². The Morgan fingerprint density at radius 2 is 2.12 bits per heavy atom. The van der Waals surface area contributed by atoms with E-state index >= 15 is 0 Å². The van der Waals surface area contributed by atoms with Crippen molar-refractivity contribution in [2.24, 2.45) is 0 Å². The summed E-state index contributed by atoms with van der Waals surface area (Å²) in [5.41, 5.74) is 1.13. The van der Waals surface area contributed by atoms with E-state index in [4.69, 9.17) is 0 Å². The van der Waals surface area contributed by atoms with Gasteiger partial charge in [-0.05, 0) is 35.0 Å². The second kappa shape index (κ2) is 4.92. The third-order valence-electron chi connectivity index (χ3n) is 1.72. The minimum atomic E-state index is -3.31.